The van der Waals surface area contributed by atoms with Crippen molar-refractivity contribution in [2.75, 3.05) is 18.5 Å². The van der Waals surface area contributed by atoms with Gasteiger partial charge >= 0.3 is 0 Å². The molecular weight excluding hydrogens is 228 g/mol. The average Bonchev–Trinajstić information content (AvgIpc) is 3.14. The van der Waals surface area contributed by atoms with Crippen LogP contribution in [0.15, 0.2) is 12.4 Å². The van der Waals surface area contributed by atoms with Crippen LogP contribution < -0.4 is 15.4 Å². The molecule has 1 heterocycles. The van der Waals surface area contributed by atoms with E-state index in [1.54, 1.807) is 6.33 Å². The molecule has 18 heavy (non-hydrogen) atoms. The van der Waals surface area contributed by atoms with E-state index in [-0.39, 0.29) is 6.10 Å². The Bertz CT molecular complexity index is 392. The number of nitrogens with two attached hydrogens (primary N) is 1. The summed E-state index contributed by atoms with van der Waals surface area (Å²) in [7, 11) is 2.04. The molecule has 1 aromatic heterocycles. The average molecular weight is 250 g/mol. The third-order valence-electron chi connectivity index (χ3n) is 3.25. The number of hydrogen-bond acceptors (Lipinski definition) is 5. The van der Waals surface area contributed by atoms with Crippen molar-refractivity contribution in [1.29, 1.82) is 0 Å². The highest BCUT2D eigenvalue weighted by Gasteiger charge is 2.33. The van der Waals surface area contributed by atoms with Crippen LogP contribution in [0.2, 0.25) is 0 Å². The molecule has 2 N–H and O–H groups in total. The Balaban J connectivity index is 2.11. The molecule has 1 atom stereocenters. The summed E-state index contributed by atoms with van der Waals surface area (Å²) >= 11 is 0. The Hall–Kier alpha value is -1.36. The van der Waals surface area contributed by atoms with Crippen LogP contribution in [-0.4, -0.2) is 35.7 Å². The Morgan fingerprint density at radius 2 is 2.17 bits per heavy atom. The lowest BCUT2D eigenvalue weighted by Crippen LogP contribution is -2.40. The van der Waals surface area contributed by atoms with Gasteiger partial charge in [0.25, 0.3) is 0 Å². The van der Waals surface area contributed by atoms with E-state index in [4.69, 9.17) is 10.5 Å². The van der Waals surface area contributed by atoms with Crippen molar-refractivity contribution < 1.29 is 4.74 Å². The zero-order valence-electron chi connectivity index (χ0n) is 11.3. The zero-order valence-corrected chi connectivity index (χ0v) is 11.3. The van der Waals surface area contributed by atoms with Gasteiger partial charge in [0.2, 0.25) is 5.88 Å². The second-order valence-electron chi connectivity index (χ2n) is 5.13. The molecule has 5 nitrogen and oxygen atoms in total. The molecule has 1 unspecified atom stereocenters. The Morgan fingerprint density at radius 3 is 2.72 bits per heavy atom. The first-order chi connectivity index (χ1) is 8.61. The fourth-order valence-corrected chi connectivity index (χ4v) is 2.15. The summed E-state index contributed by atoms with van der Waals surface area (Å²) in [5.74, 6) is 2.21. The standard InChI is InChI=1S/C13H22N4O/c1-9(2)18-13-6-12(15-8-16-13)17(3)11(7-14)10-4-5-10/h6,8-11H,4-5,7,14H2,1-3H3. The highest BCUT2D eigenvalue weighted by molar-refractivity contribution is 5.41. The molecule has 1 fully saturated rings. The van der Waals surface area contributed by atoms with Gasteiger partial charge in [-0.3, -0.25) is 0 Å². The van der Waals surface area contributed by atoms with Gasteiger partial charge in [0, 0.05) is 25.7 Å². The van der Waals surface area contributed by atoms with Crippen LogP contribution in [-0.2, 0) is 0 Å². The fourth-order valence-electron chi connectivity index (χ4n) is 2.15. The lowest BCUT2D eigenvalue weighted by atomic mass is 10.1. The van der Waals surface area contributed by atoms with Crippen LogP contribution in [0.5, 0.6) is 5.88 Å². The molecule has 100 valence electrons. The van der Waals surface area contributed by atoms with Crippen LogP contribution in [0.3, 0.4) is 0 Å². The molecule has 0 saturated heterocycles. The predicted octanol–water partition coefficient (Wildman–Crippen LogP) is 1.44. The Labute approximate surface area is 108 Å². The highest BCUT2D eigenvalue weighted by Crippen LogP contribution is 2.35. The zero-order chi connectivity index (χ0) is 13.1. The van der Waals surface area contributed by atoms with Crippen LogP contribution in [0.1, 0.15) is 26.7 Å². The van der Waals surface area contributed by atoms with Crippen LogP contribution >= 0.6 is 0 Å². The van der Waals surface area contributed by atoms with Gasteiger partial charge in [-0.1, -0.05) is 0 Å². The van der Waals surface area contributed by atoms with Gasteiger partial charge in [0.15, 0.2) is 0 Å². The quantitative estimate of drug-likeness (QED) is 0.827. The number of hydrogen-bond donors (Lipinski definition) is 1. The van der Waals surface area contributed by atoms with Crippen LogP contribution in [0, 0.1) is 5.92 Å². The SMILES string of the molecule is CC(C)Oc1cc(N(C)C(CN)C2CC2)ncn1. The minimum Gasteiger partial charge on any atom is -0.475 e. The van der Waals surface area contributed by atoms with Gasteiger partial charge in [0.1, 0.15) is 12.1 Å². The lowest BCUT2D eigenvalue weighted by Gasteiger charge is -2.28. The first kappa shape index (κ1) is 13.1. The smallest absolute Gasteiger partial charge is 0.218 e. The van der Waals surface area contributed by atoms with Crippen molar-refractivity contribution >= 4 is 5.82 Å². The molecule has 0 amide bonds. The summed E-state index contributed by atoms with van der Waals surface area (Å²) in [6, 6.07) is 2.25. The van der Waals surface area contributed by atoms with Crippen molar-refractivity contribution in [3.63, 3.8) is 0 Å². The van der Waals surface area contributed by atoms with E-state index in [9.17, 15) is 0 Å². The van der Waals surface area contributed by atoms with E-state index < -0.39 is 0 Å². The molecule has 0 bridgehead atoms. The molecule has 0 aromatic carbocycles. The van der Waals surface area contributed by atoms with E-state index in [1.807, 2.05) is 27.0 Å². The molecular formula is C13H22N4O. The number of ether oxygens (including phenoxy) is 1. The lowest BCUT2D eigenvalue weighted by molar-refractivity contribution is 0.232. The minimum atomic E-state index is 0.117. The summed E-state index contributed by atoms with van der Waals surface area (Å²) in [6.45, 7) is 4.63. The molecule has 1 aromatic rings. The van der Waals surface area contributed by atoms with Crippen molar-refractivity contribution in [3.8, 4) is 5.88 Å². The maximum atomic E-state index is 5.85. The Morgan fingerprint density at radius 1 is 1.44 bits per heavy atom. The normalized spacial score (nSPS) is 16.7. The highest BCUT2D eigenvalue weighted by atomic mass is 16.5. The summed E-state index contributed by atoms with van der Waals surface area (Å²) in [6.07, 6.45) is 4.20. The Kier molecular flexibility index (Phi) is 4.01. The largest absolute Gasteiger partial charge is 0.475 e. The number of anilines is 1. The molecule has 1 aliphatic rings. The number of likely N-dealkylation sites (N-methyl/N-ethyl adjacent to an activating group) is 1. The summed E-state index contributed by atoms with van der Waals surface area (Å²) in [5, 5.41) is 0. The molecule has 0 aliphatic heterocycles. The van der Waals surface area contributed by atoms with Crippen molar-refractivity contribution in [2.45, 2.75) is 38.8 Å². The maximum absolute atomic E-state index is 5.85. The van der Waals surface area contributed by atoms with Gasteiger partial charge in [-0.2, -0.15) is 0 Å². The van der Waals surface area contributed by atoms with Crippen molar-refractivity contribution in [1.82, 2.24) is 9.97 Å². The molecule has 0 spiro atoms. The fraction of sp³-hybridized carbons (Fsp3) is 0.692. The third kappa shape index (κ3) is 3.10. The van der Waals surface area contributed by atoms with Gasteiger partial charge in [-0.15, -0.1) is 0 Å². The van der Waals surface area contributed by atoms with Crippen molar-refractivity contribution in [3.05, 3.63) is 12.4 Å². The van der Waals surface area contributed by atoms with Crippen LogP contribution in [0.25, 0.3) is 0 Å². The maximum Gasteiger partial charge on any atom is 0.218 e. The van der Waals surface area contributed by atoms with Crippen molar-refractivity contribution in [2.24, 2.45) is 11.7 Å². The topological polar surface area (TPSA) is 64.3 Å². The first-order valence-corrected chi connectivity index (χ1v) is 6.53. The second-order valence-corrected chi connectivity index (χ2v) is 5.13. The van der Waals surface area contributed by atoms with E-state index in [0.717, 1.165) is 5.82 Å². The molecule has 2 rings (SSSR count). The van der Waals surface area contributed by atoms with Gasteiger partial charge in [0.05, 0.1) is 6.10 Å². The molecule has 5 heteroatoms. The van der Waals surface area contributed by atoms with E-state index in [2.05, 4.69) is 14.9 Å². The minimum absolute atomic E-state index is 0.117. The van der Waals surface area contributed by atoms with E-state index in [0.29, 0.717) is 24.4 Å². The second kappa shape index (κ2) is 5.52. The summed E-state index contributed by atoms with van der Waals surface area (Å²) < 4.78 is 5.59. The van der Waals surface area contributed by atoms with Gasteiger partial charge in [-0.05, 0) is 32.6 Å². The predicted molar refractivity (Wildman–Crippen MR) is 71.8 cm³/mol. The van der Waals surface area contributed by atoms with Gasteiger partial charge < -0.3 is 15.4 Å². The number of rotatable bonds is 6. The third-order valence-corrected chi connectivity index (χ3v) is 3.25. The summed E-state index contributed by atoms with van der Waals surface area (Å²) in [5.41, 5.74) is 5.85. The van der Waals surface area contributed by atoms with Crippen LogP contribution in [0.4, 0.5) is 5.82 Å². The molecule has 1 saturated carbocycles. The monoisotopic (exact) mass is 250 g/mol. The number of nitrogens with zero attached hydrogens (tertiary/aromatic N) is 3. The molecule has 1 aliphatic carbocycles. The van der Waals surface area contributed by atoms with Gasteiger partial charge in [-0.25, -0.2) is 9.97 Å². The summed E-state index contributed by atoms with van der Waals surface area (Å²) in [4.78, 5) is 10.6. The van der Waals surface area contributed by atoms with E-state index >= 15 is 0 Å². The number of aromatic nitrogens is 2. The first-order valence-electron chi connectivity index (χ1n) is 6.53. The molecule has 0 radical (unpaired) electrons. The van der Waals surface area contributed by atoms with E-state index in [1.165, 1.54) is 12.8 Å².